The third-order valence-electron chi connectivity index (χ3n) is 9.97. The zero-order valence-electron chi connectivity index (χ0n) is 34.0. The Kier molecular flexibility index (Phi) is 13.4. The summed E-state index contributed by atoms with van der Waals surface area (Å²) in [5, 5.41) is 32.2. The largest absolute Gasteiger partial charge is 0.494 e. The van der Waals surface area contributed by atoms with Gasteiger partial charge in [0.05, 0.1) is 35.9 Å². The molecule has 316 valence electrons. The molecule has 20 heteroatoms. The van der Waals surface area contributed by atoms with Crippen molar-refractivity contribution in [2.24, 2.45) is 16.9 Å². The van der Waals surface area contributed by atoms with Gasteiger partial charge < -0.3 is 40.8 Å². The molecule has 0 spiro atoms. The number of nitrogens with two attached hydrogens (primary N) is 2. The first-order valence-corrected chi connectivity index (χ1v) is 19.0. The van der Waals surface area contributed by atoms with Crippen molar-refractivity contribution in [2.45, 2.75) is 60.2 Å². The molecular formula is C39H51N11O9. The molecule has 4 amide bonds. The van der Waals surface area contributed by atoms with Crippen LogP contribution in [0.15, 0.2) is 42.5 Å². The van der Waals surface area contributed by atoms with E-state index in [1.807, 2.05) is 27.7 Å². The summed E-state index contributed by atoms with van der Waals surface area (Å²) >= 11 is 0. The van der Waals surface area contributed by atoms with Crippen LogP contribution in [-0.4, -0.2) is 115 Å². The Morgan fingerprint density at radius 1 is 1.05 bits per heavy atom. The summed E-state index contributed by atoms with van der Waals surface area (Å²) in [6, 6.07) is 6.87. The Balaban J connectivity index is 1.35. The number of ether oxygens (including phenoxy) is 2. The van der Waals surface area contributed by atoms with Gasteiger partial charge in [0.2, 0.25) is 17.8 Å². The van der Waals surface area contributed by atoms with Gasteiger partial charge >= 0.3 is 6.09 Å². The van der Waals surface area contributed by atoms with Gasteiger partial charge in [-0.2, -0.15) is 5.10 Å². The van der Waals surface area contributed by atoms with Crippen molar-refractivity contribution in [3.05, 3.63) is 75.1 Å². The number of aromatic nitrogens is 4. The zero-order chi connectivity index (χ0) is 43.2. The normalized spacial score (nSPS) is 14.7. The summed E-state index contributed by atoms with van der Waals surface area (Å²) in [5.41, 5.74) is 12.3. The summed E-state index contributed by atoms with van der Waals surface area (Å²) in [4.78, 5) is 69.4. The number of hydrogen-bond donors (Lipinski definition) is 5. The number of rotatable bonds is 17. The number of piperazine rings is 1. The number of imidazole rings is 1. The average Bonchev–Trinajstić information content (AvgIpc) is 3.74. The van der Waals surface area contributed by atoms with Crippen LogP contribution in [0, 0.1) is 22.5 Å². The van der Waals surface area contributed by atoms with Crippen LogP contribution in [0.4, 0.5) is 22.1 Å². The summed E-state index contributed by atoms with van der Waals surface area (Å²) in [6.45, 7) is 12.5. The number of carboxylic acid groups (broad SMARTS) is 1. The number of anilines is 2. The van der Waals surface area contributed by atoms with Crippen molar-refractivity contribution in [3.63, 3.8) is 0 Å². The molecule has 0 radical (unpaired) electrons. The molecule has 20 nitrogen and oxygen atoms in total. The van der Waals surface area contributed by atoms with Gasteiger partial charge in [0.1, 0.15) is 22.7 Å². The number of carbonyl (C=O) groups is 4. The maximum atomic E-state index is 13.5. The van der Waals surface area contributed by atoms with Crippen LogP contribution in [0.2, 0.25) is 0 Å². The maximum Gasteiger partial charge on any atom is 0.407 e. The summed E-state index contributed by atoms with van der Waals surface area (Å²) in [5.74, 6) is -1.52. The molecule has 0 bridgehead atoms. The molecular weight excluding hydrogens is 766 g/mol. The molecule has 1 aliphatic rings. The maximum absolute atomic E-state index is 13.5. The van der Waals surface area contributed by atoms with Crippen LogP contribution in [0.25, 0.3) is 11.0 Å². The first-order valence-electron chi connectivity index (χ1n) is 19.0. The standard InChI is InChI=1S/C39H51N11O9/c1-7-49-28(17-23(2)45-49)36(53)44-37-43-26-18-24(34(40)51)21-30(58-6)33(26)48(37)13-9-8-11-42-32-27(50(56)57)19-25(35(41)52)20-29(32)59-16-10-12-46-14-15-47(38(54)55)31(22-46)39(3,4)5/h8-9,17-21,31,42H,7,10-16,22H2,1-6H3,(H2,40,51)(H2,41,52)(H,54,55)(H,43,44,53). The monoisotopic (exact) mass is 817 g/mol. The topological polar surface area (TPSA) is 268 Å². The van der Waals surface area contributed by atoms with E-state index in [0.717, 1.165) is 6.07 Å². The van der Waals surface area contributed by atoms with Gasteiger partial charge in [-0.25, -0.2) is 9.78 Å². The summed E-state index contributed by atoms with van der Waals surface area (Å²) in [7, 11) is 1.43. The number of fused-ring (bicyclic) bond motifs is 1. The molecule has 4 aromatic rings. The molecule has 5 rings (SSSR count). The number of primary amides is 2. The highest BCUT2D eigenvalue weighted by Gasteiger charge is 2.37. The lowest BCUT2D eigenvalue weighted by Crippen LogP contribution is -2.59. The van der Waals surface area contributed by atoms with Crippen LogP contribution in [0.5, 0.6) is 11.5 Å². The number of amides is 4. The van der Waals surface area contributed by atoms with Crippen LogP contribution in [0.3, 0.4) is 0 Å². The number of aryl methyl sites for hydroxylation is 2. The minimum atomic E-state index is -0.949. The lowest BCUT2D eigenvalue weighted by atomic mass is 9.84. The van der Waals surface area contributed by atoms with E-state index in [9.17, 15) is 34.4 Å². The third kappa shape index (κ3) is 10.1. The molecule has 1 atom stereocenters. The first kappa shape index (κ1) is 43.4. The highest BCUT2D eigenvalue weighted by molar-refractivity contribution is 6.04. The second kappa shape index (κ2) is 18.3. The molecule has 7 N–H and O–H groups in total. The molecule has 2 aromatic carbocycles. The number of nitro groups is 1. The van der Waals surface area contributed by atoms with Gasteiger partial charge in [0, 0.05) is 63.0 Å². The molecule has 1 saturated heterocycles. The fourth-order valence-electron chi connectivity index (χ4n) is 7.02. The highest BCUT2D eigenvalue weighted by atomic mass is 16.6. The number of hydrogen-bond acceptors (Lipinski definition) is 12. The number of nitro benzene ring substituents is 1. The van der Waals surface area contributed by atoms with E-state index in [2.05, 4.69) is 25.6 Å². The fourth-order valence-corrected chi connectivity index (χ4v) is 7.02. The van der Waals surface area contributed by atoms with Crippen LogP contribution < -0.4 is 31.6 Å². The van der Waals surface area contributed by atoms with Gasteiger partial charge in [-0.3, -0.25) is 39.4 Å². The van der Waals surface area contributed by atoms with Crippen LogP contribution >= 0.6 is 0 Å². The molecule has 1 aliphatic heterocycles. The minimum absolute atomic E-state index is 0.0389. The van der Waals surface area contributed by atoms with E-state index in [4.69, 9.17) is 20.9 Å². The third-order valence-corrected chi connectivity index (χ3v) is 9.97. The number of methoxy groups -OCH3 is 1. The van der Waals surface area contributed by atoms with Crippen molar-refractivity contribution >= 4 is 52.2 Å². The van der Waals surface area contributed by atoms with Gasteiger partial charge in [0.15, 0.2) is 5.69 Å². The fraction of sp³-hybridized carbons (Fsp3) is 0.436. The SMILES string of the molecule is CCn1nc(C)cc1C(=O)Nc1nc2cc(C(N)=O)cc(OC)c2n1CC=CCNc1c(OCCCN2CCN(C(=O)O)C(C(C)(C)C)C2)cc(C(N)=O)cc1[N+](=O)[O-]. The van der Waals surface area contributed by atoms with E-state index in [1.165, 1.54) is 30.2 Å². The van der Waals surface area contributed by atoms with Crippen LogP contribution in [0.1, 0.15) is 71.0 Å². The molecule has 59 heavy (non-hydrogen) atoms. The highest BCUT2D eigenvalue weighted by Crippen LogP contribution is 2.37. The Hall–Kier alpha value is -6.70. The molecule has 0 aliphatic carbocycles. The number of benzene rings is 2. The van der Waals surface area contributed by atoms with Crippen molar-refractivity contribution in [1.82, 2.24) is 29.1 Å². The van der Waals surface area contributed by atoms with Gasteiger partial charge in [-0.1, -0.05) is 32.9 Å². The molecule has 2 aromatic heterocycles. The van der Waals surface area contributed by atoms with Gasteiger partial charge in [0.25, 0.3) is 11.6 Å². The summed E-state index contributed by atoms with van der Waals surface area (Å²) < 4.78 is 14.9. The van der Waals surface area contributed by atoms with Crippen molar-refractivity contribution in [2.75, 3.05) is 57.1 Å². The average molecular weight is 818 g/mol. The van der Waals surface area contributed by atoms with E-state index in [-0.39, 0.29) is 65.4 Å². The quantitative estimate of drug-likeness (QED) is 0.0436. The van der Waals surface area contributed by atoms with Crippen molar-refractivity contribution in [1.29, 1.82) is 0 Å². The van der Waals surface area contributed by atoms with E-state index < -0.39 is 34.4 Å². The second-order valence-electron chi connectivity index (χ2n) is 15.1. The Morgan fingerprint density at radius 3 is 2.37 bits per heavy atom. The van der Waals surface area contributed by atoms with E-state index in [0.29, 0.717) is 61.6 Å². The zero-order valence-corrected chi connectivity index (χ0v) is 34.0. The first-order chi connectivity index (χ1) is 27.9. The molecule has 1 unspecified atom stereocenters. The Labute approximate surface area is 340 Å². The molecule has 3 heterocycles. The lowest BCUT2D eigenvalue weighted by Gasteiger charge is -2.46. The molecule has 0 saturated carbocycles. The van der Waals surface area contributed by atoms with Crippen molar-refractivity contribution < 1.29 is 38.7 Å². The summed E-state index contributed by atoms with van der Waals surface area (Å²) in [6.07, 6.45) is 3.01. The number of allylic oxidation sites excluding steroid dienone is 1. The lowest BCUT2D eigenvalue weighted by molar-refractivity contribution is -0.384. The number of nitrogens with zero attached hydrogens (tertiary/aromatic N) is 7. The van der Waals surface area contributed by atoms with Gasteiger partial charge in [-0.05, 0) is 49.9 Å². The molecule has 1 fully saturated rings. The number of carbonyl (C=O) groups excluding carboxylic acids is 3. The predicted octanol–water partition coefficient (Wildman–Crippen LogP) is 4.08. The smallest absolute Gasteiger partial charge is 0.407 e. The van der Waals surface area contributed by atoms with Crippen molar-refractivity contribution in [3.8, 4) is 11.5 Å². The van der Waals surface area contributed by atoms with E-state index >= 15 is 0 Å². The predicted molar refractivity (Wildman–Crippen MR) is 219 cm³/mol. The van der Waals surface area contributed by atoms with Gasteiger partial charge in [-0.15, -0.1) is 0 Å². The Morgan fingerprint density at radius 2 is 1.75 bits per heavy atom. The van der Waals surface area contributed by atoms with E-state index in [1.54, 1.807) is 34.4 Å². The van der Waals surface area contributed by atoms with Crippen LogP contribution in [-0.2, 0) is 13.1 Å². The number of nitrogens with one attached hydrogen (secondary N) is 2. The second-order valence-corrected chi connectivity index (χ2v) is 15.1. The minimum Gasteiger partial charge on any atom is -0.494 e. The Bertz CT molecular complexity index is 2280.